The number of anilines is 2. The van der Waals surface area contributed by atoms with Gasteiger partial charge in [0, 0.05) is 52.4 Å². The zero-order valence-electron chi connectivity index (χ0n) is 15.7. The second kappa shape index (κ2) is 8.50. The van der Waals surface area contributed by atoms with Gasteiger partial charge in [0.15, 0.2) is 0 Å². The van der Waals surface area contributed by atoms with Gasteiger partial charge >= 0.3 is 6.03 Å². The van der Waals surface area contributed by atoms with Crippen LogP contribution in [0.4, 0.5) is 16.2 Å². The van der Waals surface area contributed by atoms with E-state index in [-0.39, 0.29) is 6.03 Å². The molecule has 0 spiro atoms. The SMILES string of the molecule is O=C(N1CCN(c2ccccc2Cl)CC1)N1CCN(c2ccccc2Cl)CC1. The number of piperazine rings is 2. The Hall–Kier alpha value is -2.11. The second-order valence-electron chi connectivity index (χ2n) is 7.13. The van der Waals surface area contributed by atoms with Crippen LogP contribution < -0.4 is 9.80 Å². The summed E-state index contributed by atoms with van der Waals surface area (Å²) in [5, 5.41) is 1.52. The van der Waals surface area contributed by atoms with Crippen LogP contribution in [-0.2, 0) is 0 Å². The smallest absolute Gasteiger partial charge is 0.320 e. The van der Waals surface area contributed by atoms with E-state index in [1.165, 1.54) is 0 Å². The van der Waals surface area contributed by atoms with Crippen LogP contribution in [0.5, 0.6) is 0 Å². The van der Waals surface area contributed by atoms with E-state index >= 15 is 0 Å². The van der Waals surface area contributed by atoms with Crippen LogP contribution in [0.1, 0.15) is 0 Å². The third-order valence-electron chi connectivity index (χ3n) is 5.49. The van der Waals surface area contributed by atoms with E-state index in [2.05, 4.69) is 9.80 Å². The number of para-hydroxylation sites is 2. The third kappa shape index (κ3) is 4.01. The maximum absolute atomic E-state index is 12.9. The molecule has 5 nitrogen and oxygen atoms in total. The van der Waals surface area contributed by atoms with Gasteiger partial charge in [-0.25, -0.2) is 4.79 Å². The molecule has 0 saturated carbocycles. The Morgan fingerprint density at radius 3 is 1.32 bits per heavy atom. The molecule has 28 heavy (non-hydrogen) atoms. The van der Waals surface area contributed by atoms with Gasteiger partial charge in [-0.3, -0.25) is 0 Å². The third-order valence-corrected chi connectivity index (χ3v) is 6.13. The van der Waals surface area contributed by atoms with Crippen molar-refractivity contribution in [3.63, 3.8) is 0 Å². The predicted molar refractivity (Wildman–Crippen MR) is 116 cm³/mol. The van der Waals surface area contributed by atoms with E-state index < -0.39 is 0 Å². The maximum atomic E-state index is 12.9. The van der Waals surface area contributed by atoms with Crippen molar-refractivity contribution < 1.29 is 4.79 Å². The molecule has 0 bridgehead atoms. The van der Waals surface area contributed by atoms with Crippen molar-refractivity contribution >= 4 is 40.6 Å². The zero-order valence-corrected chi connectivity index (χ0v) is 17.2. The summed E-state index contributed by atoms with van der Waals surface area (Å²) in [4.78, 5) is 21.4. The molecular weight excluding hydrogens is 395 g/mol. The maximum Gasteiger partial charge on any atom is 0.320 e. The van der Waals surface area contributed by atoms with Crippen molar-refractivity contribution in [3.8, 4) is 0 Å². The molecule has 0 aliphatic carbocycles. The Kier molecular flexibility index (Phi) is 5.83. The van der Waals surface area contributed by atoms with Crippen molar-refractivity contribution in [1.29, 1.82) is 0 Å². The average molecular weight is 419 g/mol. The van der Waals surface area contributed by atoms with Crippen LogP contribution in [0, 0.1) is 0 Å². The van der Waals surface area contributed by atoms with Gasteiger partial charge in [-0.15, -0.1) is 0 Å². The number of amides is 2. The number of carbonyl (C=O) groups is 1. The summed E-state index contributed by atoms with van der Waals surface area (Å²) in [5.41, 5.74) is 2.09. The lowest BCUT2D eigenvalue weighted by Crippen LogP contribution is -2.57. The highest BCUT2D eigenvalue weighted by molar-refractivity contribution is 6.33. The molecule has 2 aliphatic rings. The molecular formula is C21H24Cl2N4O. The summed E-state index contributed by atoms with van der Waals surface area (Å²) in [6.07, 6.45) is 0. The summed E-state index contributed by atoms with van der Waals surface area (Å²) in [5.74, 6) is 0. The van der Waals surface area contributed by atoms with Crippen LogP contribution in [-0.4, -0.2) is 68.2 Å². The Labute approximate surface area is 176 Å². The number of hydrogen-bond acceptors (Lipinski definition) is 3. The fourth-order valence-electron chi connectivity index (χ4n) is 3.89. The number of nitrogens with zero attached hydrogens (tertiary/aromatic N) is 4. The topological polar surface area (TPSA) is 30.0 Å². The van der Waals surface area contributed by atoms with E-state index in [9.17, 15) is 4.79 Å². The zero-order chi connectivity index (χ0) is 19.5. The highest BCUT2D eigenvalue weighted by atomic mass is 35.5. The Morgan fingerprint density at radius 1 is 0.607 bits per heavy atom. The van der Waals surface area contributed by atoms with E-state index in [4.69, 9.17) is 23.2 Å². The van der Waals surface area contributed by atoms with Crippen molar-refractivity contribution in [2.24, 2.45) is 0 Å². The lowest BCUT2D eigenvalue weighted by Gasteiger charge is -2.41. The molecule has 148 valence electrons. The number of carbonyl (C=O) groups excluding carboxylic acids is 1. The minimum Gasteiger partial charge on any atom is -0.367 e. The van der Waals surface area contributed by atoms with Gasteiger partial charge in [0.25, 0.3) is 0 Å². The summed E-state index contributed by atoms with van der Waals surface area (Å²) < 4.78 is 0. The Bertz CT molecular complexity index is 763. The molecule has 2 fully saturated rings. The molecule has 0 N–H and O–H groups in total. The largest absolute Gasteiger partial charge is 0.367 e. The molecule has 2 aromatic rings. The fourth-order valence-corrected chi connectivity index (χ4v) is 4.40. The second-order valence-corrected chi connectivity index (χ2v) is 7.95. The summed E-state index contributed by atoms with van der Waals surface area (Å²) in [6.45, 7) is 6.07. The van der Waals surface area contributed by atoms with Gasteiger partial charge in [-0.2, -0.15) is 0 Å². The Morgan fingerprint density at radius 2 is 0.964 bits per heavy atom. The molecule has 7 heteroatoms. The normalized spacial score (nSPS) is 17.8. The fraction of sp³-hybridized carbons (Fsp3) is 0.381. The van der Waals surface area contributed by atoms with Crippen LogP contribution in [0.25, 0.3) is 0 Å². The van der Waals surface area contributed by atoms with Crippen LogP contribution in [0.3, 0.4) is 0 Å². The number of halogens is 2. The molecule has 4 rings (SSSR count). The Balaban J connectivity index is 1.31. The molecule has 0 unspecified atom stereocenters. The van der Waals surface area contributed by atoms with Crippen molar-refractivity contribution in [3.05, 3.63) is 58.6 Å². The van der Waals surface area contributed by atoms with Crippen LogP contribution in [0.2, 0.25) is 10.0 Å². The monoisotopic (exact) mass is 418 g/mol. The van der Waals surface area contributed by atoms with E-state index in [1.807, 2.05) is 58.3 Å². The van der Waals surface area contributed by atoms with Crippen LogP contribution >= 0.6 is 23.2 Å². The van der Waals surface area contributed by atoms with E-state index in [0.29, 0.717) is 0 Å². The standard InChI is InChI=1S/C21H24Cl2N4O/c22-17-5-1-3-7-19(17)24-9-13-26(14-10-24)21(28)27-15-11-25(12-16-27)20-8-4-2-6-18(20)23/h1-8H,9-16H2. The number of benzene rings is 2. The minimum atomic E-state index is 0.137. The van der Waals surface area contributed by atoms with Gasteiger partial charge in [0.05, 0.1) is 21.4 Å². The van der Waals surface area contributed by atoms with Gasteiger partial charge in [-0.1, -0.05) is 47.5 Å². The predicted octanol–water partition coefficient (Wildman–Crippen LogP) is 4.06. The van der Waals surface area contributed by atoms with Gasteiger partial charge < -0.3 is 19.6 Å². The molecule has 2 aliphatic heterocycles. The molecule has 2 aromatic carbocycles. The average Bonchev–Trinajstić information content (AvgIpc) is 2.74. The first-order valence-electron chi connectivity index (χ1n) is 9.66. The summed E-state index contributed by atoms with van der Waals surface area (Å²) >= 11 is 12.6. The lowest BCUT2D eigenvalue weighted by atomic mass is 10.2. The number of rotatable bonds is 2. The molecule has 2 amide bonds. The lowest BCUT2D eigenvalue weighted by molar-refractivity contribution is 0.147. The van der Waals surface area contributed by atoms with Crippen molar-refractivity contribution in [1.82, 2.24) is 9.80 Å². The van der Waals surface area contributed by atoms with Gasteiger partial charge in [-0.05, 0) is 24.3 Å². The van der Waals surface area contributed by atoms with Crippen molar-refractivity contribution in [2.45, 2.75) is 0 Å². The van der Waals surface area contributed by atoms with Crippen LogP contribution in [0.15, 0.2) is 48.5 Å². The van der Waals surface area contributed by atoms with E-state index in [1.54, 1.807) is 0 Å². The molecule has 0 atom stereocenters. The first kappa shape index (κ1) is 19.2. The molecule has 2 saturated heterocycles. The molecule has 2 heterocycles. The summed E-state index contributed by atoms with van der Waals surface area (Å²) in [7, 11) is 0. The first-order chi connectivity index (χ1) is 13.6. The minimum absolute atomic E-state index is 0.137. The highest BCUT2D eigenvalue weighted by Gasteiger charge is 2.28. The van der Waals surface area contributed by atoms with Gasteiger partial charge in [0.1, 0.15) is 0 Å². The molecule has 0 aromatic heterocycles. The molecule has 0 radical (unpaired) electrons. The van der Waals surface area contributed by atoms with Gasteiger partial charge in [0.2, 0.25) is 0 Å². The summed E-state index contributed by atoms with van der Waals surface area (Å²) in [6, 6.07) is 15.9. The number of urea groups is 1. The number of hydrogen-bond donors (Lipinski definition) is 0. The first-order valence-corrected chi connectivity index (χ1v) is 10.4. The highest BCUT2D eigenvalue weighted by Crippen LogP contribution is 2.27. The quantitative estimate of drug-likeness (QED) is 0.736. The van der Waals surface area contributed by atoms with Crippen molar-refractivity contribution in [2.75, 3.05) is 62.2 Å². The van der Waals surface area contributed by atoms with E-state index in [0.717, 1.165) is 73.8 Å².